The number of halogens is 1. The van der Waals surface area contributed by atoms with Crippen LogP contribution >= 0.6 is 11.6 Å². The van der Waals surface area contributed by atoms with E-state index in [2.05, 4.69) is 0 Å². The normalized spacial score (nSPS) is 12.8. The van der Waals surface area contributed by atoms with Crippen LogP contribution in [0.1, 0.15) is 0 Å². The van der Waals surface area contributed by atoms with Crippen LogP contribution < -0.4 is 0 Å². The van der Waals surface area contributed by atoms with E-state index in [4.69, 9.17) is 22.0 Å². The van der Waals surface area contributed by atoms with Gasteiger partial charge in [0.1, 0.15) is 0 Å². The average molecular weight is 106 g/mol. The SMILES string of the molecule is N#CC(O)CCl. The third-order valence-electron chi connectivity index (χ3n) is 0.295. The number of aliphatic hydroxyl groups is 1. The summed E-state index contributed by atoms with van der Waals surface area (Å²) in [5, 5.41) is 15.9. The van der Waals surface area contributed by atoms with Crippen molar-refractivity contribution in [2.45, 2.75) is 6.10 Å². The Hall–Kier alpha value is -0.260. The fourth-order valence-corrected chi connectivity index (χ4v) is 0.104. The van der Waals surface area contributed by atoms with Gasteiger partial charge in [-0.1, -0.05) is 0 Å². The number of nitriles is 1. The molecule has 0 saturated heterocycles. The first kappa shape index (κ1) is 5.74. The van der Waals surface area contributed by atoms with Crippen molar-refractivity contribution in [1.29, 1.82) is 5.26 Å². The highest BCUT2D eigenvalue weighted by Gasteiger charge is 1.92. The maximum atomic E-state index is 8.17. The zero-order valence-electron chi connectivity index (χ0n) is 3.06. The Labute approximate surface area is 41.0 Å². The molecule has 0 fully saturated rings. The lowest BCUT2D eigenvalue weighted by Crippen LogP contribution is -2.02. The van der Waals surface area contributed by atoms with Gasteiger partial charge in [-0.15, -0.1) is 11.6 Å². The van der Waals surface area contributed by atoms with E-state index in [9.17, 15) is 0 Å². The molecule has 1 unspecified atom stereocenters. The molecule has 34 valence electrons. The summed E-state index contributed by atoms with van der Waals surface area (Å²) in [5.74, 6) is -0.00347. The molecule has 0 aliphatic rings. The van der Waals surface area contributed by atoms with E-state index in [1.807, 2.05) is 0 Å². The summed E-state index contributed by atoms with van der Waals surface area (Å²) in [4.78, 5) is 0. The van der Waals surface area contributed by atoms with E-state index in [0.717, 1.165) is 0 Å². The molecule has 0 radical (unpaired) electrons. The van der Waals surface area contributed by atoms with Crippen LogP contribution in [0, 0.1) is 11.3 Å². The Morgan fingerprint density at radius 3 is 2.50 bits per heavy atom. The fourth-order valence-electron chi connectivity index (χ4n) is 0.0345. The van der Waals surface area contributed by atoms with Crippen molar-refractivity contribution in [3.05, 3.63) is 0 Å². The zero-order chi connectivity index (χ0) is 4.99. The van der Waals surface area contributed by atoms with Gasteiger partial charge in [-0.2, -0.15) is 5.26 Å². The standard InChI is InChI=1S/C3H4ClNO/c4-1-3(6)2-5/h3,6H,1H2. The molecule has 1 N–H and O–H groups in total. The van der Waals surface area contributed by atoms with Gasteiger partial charge in [-0.05, 0) is 0 Å². The van der Waals surface area contributed by atoms with Gasteiger partial charge in [-0.25, -0.2) is 0 Å². The zero-order valence-corrected chi connectivity index (χ0v) is 3.81. The summed E-state index contributed by atoms with van der Waals surface area (Å²) in [7, 11) is 0. The van der Waals surface area contributed by atoms with Crippen LogP contribution in [0.4, 0.5) is 0 Å². The molecule has 1 atom stereocenters. The summed E-state index contributed by atoms with van der Waals surface area (Å²) in [6.45, 7) is 0. The number of aliphatic hydroxyl groups excluding tert-OH is 1. The average Bonchev–Trinajstić information content (AvgIpc) is 1.65. The lowest BCUT2D eigenvalue weighted by Gasteiger charge is -1.85. The second-order valence-electron chi connectivity index (χ2n) is 0.799. The van der Waals surface area contributed by atoms with Crippen LogP contribution in [0.25, 0.3) is 0 Å². The first-order chi connectivity index (χ1) is 2.81. The van der Waals surface area contributed by atoms with Crippen molar-refractivity contribution in [2.24, 2.45) is 0 Å². The smallest absolute Gasteiger partial charge is 0.153 e. The summed E-state index contributed by atoms with van der Waals surface area (Å²) < 4.78 is 0. The largest absolute Gasteiger partial charge is 0.377 e. The second kappa shape index (κ2) is 2.95. The Balaban J connectivity index is 3.04. The molecule has 0 saturated carbocycles. The monoisotopic (exact) mass is 105 g/mol. The number of rotatable bonds is 1. The number of hydrogen-bond donors (Lipinski definition) is 1. The maximum absolute atomic E-state index is 8.17. The predicted octanol–water partition coefficient (Wildman–Crippen LogP) is 0.110. The molecule has 3 heteroatoms. The van der Waals surface area contributed by atoms with Gasteiger partial charge in [0.05, 0.1) is 11.9 Å². The molecule has 0 rings (SSSR count). The number of hydrogen-bond acceptors (Lipinski definition) is 2. The molecule has 2 nitrogen and oxygen atoms in total. The molecule has 0 aliphatic heterocycles. The van der Waals surface area contributed by atoms with Crippen molar-refractivity contribution >= 4 is 11.6 Å². The lowest BCUT2D eigenvalue weighted by atomic mass is 10.5. The summed E-state index contributed by atoms with van der Waals surface area (Å²) in [5.41, 5.74) is 0. The van der Waals surface area contributed by atoms with Crippen LogP contribution in [0.2, 0.25) is 0 Å². The molecule has 0 spiro atoms. The van der Waals surface area contributed by atoms with Crippen molar-refractivity contribution in [2.75, 3.05) is 5.88 Å². The lowest BCUT2D eigenvalue weighted by molar-refractivity contribution is 0.254. The van der Waals surface area contributed by atoms with Gasteiger partial charge in [0.15, 0.2) is 6.10 Å². The summed E-state index contributed by atoms with van der Waals surface area (Å²) in [6.07, 6.45) is -0.994. The van der Waals surface area contributed by atoms with E-state index in [-0.39, 0.29) is 5.88 Å². The third kappa shape index (κ3) is 2.01. The van der Waals surface area contributed by atoms with E-state index < -0.39 is 6.10 Å². The van der Waals surface area contributed by atoms with Crippen molar-refractivity contribution < 1.29 is 5.11 Å². The van der Waals surface area contributed by atoms with Crippen molar-refractivity contribution in [3.63, 3.8) is 0 Å². The van der Waals surface area contributed by atoms with Crippen molar-refractivity contribution in [3.8, 4) is 6.07 Å². The topological polar surface area (TPSA) is 44.0 Å². The van der Waals surface area contributed by atoms with Crippen molar-refractivity contribution in [1.82, 2.24) is 0 Å². The Morgan fingerprint density at radius 1 is 2.00 bits per heavy atom. The van der Waals surface area contributed by atoms with Crippen LogP contribution in [-0.4, -0.2) is 17.1 Å². The molecule has 0 aromatic carbocycles. The third-order valence-corrected chi connectivity index (χ3v) is 0.587. The Bertz CT molecular complexity index is 67.7. The van der Waals surface area contributed by atoms with Crippen LogP contribution in [0.15, 0.2) is 0 Å². The van der Waals surface area contributed by atoms with Gasteiger partial charge < -0.3 is 5.11 Å². The van der Waals surface area contributed by atoms with Gasteiger partial charge in [0, 0.05) is 0 Å². The maximum Gasteiger partial charge on any atom is 0.153 e. The highest BCUT2D eigenvalue weighted by molar-refractivity contribution is 6.18. The van der Waals surface area contributed by atoms with E-state index in [0.29, 0.717) is 0 Å². The quantitative estimate of drug-likeness (QED) is 0.380. The van der Waals surface area contributed by atoms with Gasteiger partial charge in [0.2, 0.25) is 0 Å². The van der Waals surface area contributed by atoms with E-state index in [1.165, 1.54) is 6.07 Å². The molecule has 0 aliphatic carbocycles. The molecule has 0 aromatic heterocycles. The molecule has 6 heavy (non-hydrogen) atoms. The first-order valence-corrected chi connectivity index (χ1v) is 1.98. The van der Waals surface area contributed by atoms with Gasteiger partial charge in [0.25, 0.3) is 0 Å². The van der Waals surface area contributed by atoms with E-state index in [1.54, 1.807) is 0 Å². The van der Waals surface area contributed by atoms with Gasteiger partial charge >= 0.3 is 0 Å². The highest BCUT2D eigenvalue weighted by atomic mass is 35.5. The number of alkyl halides is 1. The van der Waals surface area contributed by atoms with Crippen LogP contribution in [-0.2, 0) is 0 Å². The van der Waals surface area contributed by atoms with Crippen LogP contribution in [0.3, 0.4) is 0 Å². The first-order valence-electron chi connectivity index (χ1n) is 1.45. The van der Waals surface area contributed by atoms with E-state index >= 15 is 0 Å². The van der Waals surface area contributed by atoms with Crippen LogP contribution in [0.5, 0.6) is 0 Å². The predicted molar refractivity (Wildman–Crippen MR) is 22.3 cm³/mol. The highest BCUT2D eigenvalue weighted by Crippen LogP contribution is 1.80. The minimum atomic E-state index is -0.994. The molecule has 0 amide bonds. The Morgan fingerprint density at radius 2 is 2.50 bits per heavy atom. The molecule has 0 bridgehead atoms. The molecule has 0 aromatic rings. The summed E-state index contributed by atoms with van der Waals surface area (Å²) in [6, 6.07) is 1.54. The molecule has 0 heterocycles. The molecular formula is C3H4ClNO. The Kier molecular flexibility index (Phi) is 2.82. The minimum Gasteiger partial charge on any atom is -0.377 e. The minimum absolute atomic E-state index is 0.00347. The second-order valence-corrected chi connectivity index (χ2v) is 1.11. The molecular weight excluding hydrogens is 101 g/mol. The summed E-state index contributed by atoms with van der Waals surface area (Å²) >= 11 is 4.98. The fraction of sp³-hybridized carbons (Fsp3) is 0.667. The van der Waals surface area contributed by atoms with Gasteiger partial charge in [-0.3, -0.25) is 0 Å². The number of nitrogens with zero attached hydrogens (tertiary/aromatic N) is 1.